The minimum atomic E-state index is -4.45. The summed E-state index contributed by atoms with van der Waals surface area (Å²) in [5, 5.41) is 2.75. The van der Waals surface area contributed by atoms with Crippen LogP contribution in [0.4, 0.5) is 18.9 Å². The second kappa shape index (κ2) is 9.62. The van der Waals surface area contributed by atoms with Crippen molar-refractivity contribution in [1.82, 2.24) is 0 Å². The molecular formula is C27H18F3NO3. The first-order valence-electron chi connectivity index (χ1n) is 10.3. The van der Waals surface area contributed by atoms with Crippen molar-refractivity contribution in [1.29, 1.82) is 0 Å². The molecule has 0 radical (unpaired) electrons. The third-order valence-corrected chi connectivity index (χ3v) is 4.94. The van der Waals surface area contributed by atoms with Crippen molar-refractivity contribution >= 4 is 23.5 Å². The average molecular weight is 461 g/mol. The number of furan rings is 1. The SMILES string of the molecule is O=C(C=Cc1ccc(-c2cccc(C(F)(F)F)c2)o1)c1cccc(NC(=O)c2ccccc2)c1. The van der Waals surface area contributed by atoms with Gasteiger partial charge in [0.2, 0.25) is 0 Å². The third-order valence-electron chi connectivity index (χ3n) is 4.94. The summed E-state index contributed by atoms with van der Waals surface area (Å²) in [4.78, 5) is 24.9. The largest absolute Gasteiger partial charge is 0.457 e. The zero-order valence-electron chi connectivity index (χ0n) is 17.7. The summed E-state index contributed by atoms with van der Waals surface area (Å²) in [7, 11) is 0. The highest BCUT2D eigenvalue weighted by Crippen LogP contribution is 2.32. The summed E-state index contributed by atoms with van der Waals surface area (Å²) in [6.45, 7) is 0. The van der Waals surface area contributed by atoms with Gasteiger partial charge in [0, 0.05) is 22.4 Å². The van der Waals surface area contributed by atoms with Gasteiger partial charge < -0.3 is 9.73 Å². The van der Waals surface area contributed by atoms with Crippen LogP contribution in [0.25, 0.3) is 17.4 Å². The molecule has 1 aromatic heterocycles. The van der Waals surface area contributed by atoms with E-state index in [0.29, 0.717) is 22.6 Å². The maximum absolute atomic E-state index is 12.9. The van der Waals surface area contributed by atoms with E-state index in [9.17, 15) is 22.8 Å². The Hall–Kier alpha value is -4.39. The lowest BCUT2D eigenvalue weighted by molar-refractivity contribution is -0.137. The zero-order chi connectivity index (χ0) is 24.1. The molecule has 4 aromatic rings. The van der Waals surface area contributed by atoms with Crippen LogP contribution < -0.4 is 5.32 Å². The van der Waals surface area contributed by atoms with Crippen LogP contribution in [0.2, 0.25) is 0 Å². The summed E-state index contributed by atoms with van der Waals surface area (Å²) in [5.74, 6) is -0.0515. The van der Waals surface area contributed by atoms with E-state index < -0.39 is 11.7 Å². The second-order valence-corrected chi connectivity index (χ2v) is 7.38. The molecule has 4 rings (SSSR count). The molecule has 0 unspecified atom stereocenters. The summed E-state index contributed by atoms with van der Waals surface area (Å²) in [6, 6.07) is 23.1. The lowest BCUT2D eigenvalue weighted by Gasteiger charge is -2.07. The Balaban J connectivity index is 1.45. The maximum atomic E-state index is 12.9. The number of allylic oxidation sites excluding steroid dienone is 1. The van der Waals surface area contributed by atoms with Crippen LogP contribution in [0.5, 0.6) is 0 Å². The smallest absolute Gasteiger partial charge is 0.416 e. The summed E-state index contributed by atoms with van der Waals surface area (Å²) in [6.07, 6.45) is -1.71. The van der Waals surface area contributed by atoms with Gasteiger partial charge in [0.15, 0.2) is 5.78 Å². The average Bonchev–Trinajstić information content (AvgIpc) is 3.32. The zero-order valence-corrected chi connectivity index (χ0v) is 17.7. The van der Waals surface area contributed by atoms with E-state index in [0.717, 1.165) is 12.1 Å². The van der Waals surface area contributed by atoms with E-state index in [-0.39, 0.29) is 23.0 Å². The number of halogens is 3. The Morgan fingerprint density at radius 1 is 0.794 bits per heavy atom. The van der Waals surface area contributed by atoms with Gasteiger partial charge in [-0.15, -0.1) is 0 Å². The van der Waals surface area contributed by atoms with Crippen molar-refractivity contribution < 1.29 is 27.2 Å². The lowest BCUT2D eigenvalue weighted by atomic mass is 10.1. The van der Waals surface area contributed by atoms with Crippen molar-refractivity contribution in [3.05, 3.63) is 120 Å². The van der Waals surface area contributed by atoms with Gasteiger partial charge in [0.1, 0.15) is 11.5 Å². The molecule has 34 heavy (non-hydrogen) atoms. The number of hydrogen-bond acceptors (Lipinski definition) is 3. The quantitative estimate of drug-likeness (QED) is 0.246. The highest BCUT2D eigenvalue weighted by Gasteiger charge is 2.30. The minimum Gasteiger partial charge on any atom is -0.457 e. The molecule has 0 saturated carbocycles. The summed E-state index contributed by atoms with van der Waals surface area (Å²) >= 11 is 0. The van der Waals surface area contributed by atoms with Crippen LogP contribution in [0.1, 0.15) is 32.0 Å². The van der Waals surface area contributed by atoms with E-state index in [1.54, 1.807) is 60.7 Å². The van der Waals surface area contributed by atoms with Crippen molar-refractivity contribution in [2.24, 2.45) is 0 Å². The molecule has 0 bridgehead atoms. The van der Waals surface area contributed by atoms with Crippen LogP contribution in [0, 0.1) is 0 Å². The predicted octanol–water partition coefficient (Wildman–Crippen LogP) is 7.11. The number of carbonyl (C=O) groups is 2. The molecule has 0 aliphatic carbocycles. The molecular weight excluding hydrogens is 443 g/mol. The number of amides is 1. The molecule has 0 atom stereocenters. The first-order valence-corrected chi connectivity index (χ1v) is 10.3. The number of carbonyl (C=O) groups excluding carboxylic acids is 2. The molecule has 4 nitrogen and oxygen atoms in total. The number of benzene rings is 3. The standard InChI is InChI=1S/C27H18F3NO3/c28-27(29,30)21-10-4-9-20(16-21)25-15-13-23(34-25)12-14-24(32)19-8-5-11-22(17-19)31-26(33)18-6-2-1-3-7-18/h1-17H,(H,31,33). The van der Waals surface area contributed by atoms with Gasteiger partial charge in [0.05, 0.1) is 5.56 Å². The number of alkyl halides is 3. The predicted molar refractivity (Wildman–Crippen MR) is 123 cm³/mol. The van der Waals surface area contributed by atoms with Gasteiger partial charge >= 0.3 is 6.18 Å². The fourth-order valence-corrected chi connectivity index (χ4v) is 3.24. The monoisotopic (exact) mass is 461 g/mol. The van der Waals surface area contributed by atoms with Crippen molar-refractivity contribution in [3.8, 4) is 11.3 Å². The van der Waals surface area contributed by atoms with Crippen LogP contribution in [0.15, 0.2) is 101 Å². The lowest BCUT2D eigenvalue weighted by Crippen LogP contribution is -2.12. The molecule has 1 amide bonds. The number of nitrogens with one attached hydrogen (secondary N) is 1. The van der Waals surface area contributed by atoms with Crippen molar-refractivity contribution in [3.63, 3.8) is 0 Å². The molecule has 0 fully saturated rings. The Kier molecular flexibility index (Phi) is 6.45. The Morgan fingerprint density at radius 3 is 2.29 bits per heavy atom. The highest BCUT2D eigenvalue weighted by molar-refractivity contribution is 6.08. The molecule has 0 saturated heterocycles. The minimum absolute atomic E-state index is 0.254. The van der Waals surface area contributed by atoms with Crippen LogP contribution in [-0.4, -0.2) is 11.7 Å². The fraction of sp³-hybridized carbons (Fsp3) is 0.0370. The van der Waals surface area contributed by atoms with E-state index in [4.69, 9.17) is 4.42 Å². The van der Waals surface area contributed by atoms with Gasteiger partial charge in [-0.05, 0) is 60.7 Å². The first kappa shape index (κ1) is 22.8. The molecule has 0 spiro atoms. The molecule has 0 aliphatic rings. The summed E-state index contributed by atoms with van der Waals surface area (Å²) in [5.41, 5.74) is 0.828. The topological polar surface area (TPSA) is 59.3 Å². The third kappa shape index (κ3) is 5.50. The Morgan fingerprint density at radius 2 is 1.53 bits per heavy atom. The molecule has 3 aromatic carbocycles. The van der Waals surface area contributed by atoms with Crippen LogP contribution in [-0.2, 0) is 6.18 Å². The van der Waals surface area contributed by atoms with Crippen molar-refractivity contribution in [2.45, 2.75) is 6.18 Å². The fourth-order valence-electron chi connectivity index (χ4n) is 3.24. The molecule has 7 heteroatoms. The number of ketones is 1. The van der Waals surface area contributed by atoms with E-state index in [1.807, 2.05) is 6.07 Å². The van der Waals surface area contributed by atoms with E-state index in [1.165, 1.54) is 24.3 Å². The van der Waals surface area contributed by atoms with Gasteiger partial charge in [-0.1, -0.05) is 42.5 Å². The van der Waals surface area contributed by atoms with Gasteiger partial charge in [0.25, 0.3) is 5.91 Å². The summed E-state index contributed by atoms with van der Waals surface area (Å²) < 4.78 is 44.4. The number of hydrogen-bond donors (Lipinski definition) is 1. The first-order chi connectivity index (χ1) is 16.3. The number of anilines is 1. The van der Waals surface area contributed by atoms with E-state index >= 15 is 0 Å². The Bertz CT molecular complexity index is 1350. The van der Waals surface area contributed by atoms with Crippen LogP contribution >= 0.6 is 0 Å². The van der Waals surface area contributed by atoms with Gasteiger partial charge in [-0.3, -0.25) is 9.59 Å². The molecule has 1 N–H and O–H groups in total. The highest BCUT2D eigenvalue weighted by atomic mass is 19.4. The molecule has 170 valence electrons. The van der Waals surface area contributed by atoms with Gasteiger partial charge in [-0.2, -0.15) is 13.2 Å². The Labute approximate surface area is 193 Å². The molecule has 0 aliphatic heterocycles. The second-order valence-electron chi connectivity index (χ2n) is 7.38. The van der Waals surface area contributed by atoms with Crippen LogP contribution in [0.3, 0.4) is 0 Å². The normalized spacial score (nSPS) is 11.5. The van der Waals surface area contributed by atoms with E-state index in [2.05, 4.69) is 5.32 Å². The number of rotatable bonds is 6. The maximum Gasteiger partial charge on any atom is 0.416 e. The van der Waals surface area contributed by atoms with Crippen molar-refractivity contribution in [2.75, 3.05) is 5.32 Å². The van der Waals surface area contributed by atoms with Gasteiger partial charge in [-0.25, -0.2) is 0 Å². The molecule has 1 heterocycles.